The number of para-hydroxylation sites is 1. The Morgan fingerprint density at radius 2 is 1.96 bits per heavy atom. The number of carbonyl (C=O) groups is 1. The summed E-state index contributed by atoms with van der Waals surface area (Å²) in [4.78, 5) is 18.4. The van der Waals surface area contributed by atoms with Gasteiger partial charge in [-0.2, -0.15) is 0 Å². The lowest BCUT2D eigenvalue weighted by Crippen LogP contribution is -2.50. The zero-order valence-corrected chi connectivity index (χ0v) is 15.6. The molecule has 0 atom stereocenters. The monoisotopic (exact) mass is 379 g/mol. The highest BCUT2D eigenvalue weighted by atomic mass is 16.5. The SMILES string of the molecule is CCOc1ccc(C(=O)N2CC(n3cc(COc4ccccc4)nn3)C2)cn1. The summed E-state index contributed by atoms with van der Waals surface area (Å²) in [6.45, 7) is 3.98. The third kappa shape index (κ3) is 3.95. The number of amides is 1. The van der Waals surface area contributed by atoms with Gasteiger partial charge in [0.25, 0.3) is 5.91 Å². The fourth-order valence-corrected chi connectivity index (χ4v) is 2.94. The standard InChI is InChI=1S/C20H21N5O3/c1-2-27-19-9-8-15(10-21-19)20(26)24-12-17(13-24)25-11-16(22-23-25)14-28-18-6-4-3-5-7-18/h3-11,17H,2,12-14H2,1H3. The number of carbonyl (C=O) groups excluding carboxylic acids is 1. The number of aromatic nitrogens is 4. The van der Waals surface area contributed by atoms with Gasteiger partial charge < -0.3 is 14.4 Å². The molecule has 2 aromatic heterocycles. The summed E-state index contributed by atoms with van der Waals surface area (Å²) in [5.41, 5.74) is 1.31. The maximum atomic E-state index is 12.5. The van der Waals surface area contributed by atoms with E-state index in [9.17, 15) is 4.79 Å². The molecule has 144 valence electrons. The van der Waals surface area contributed by atoms with E-state index in [-0.39, 0.29) is 11.9 Å². The normalized spacial score (nSPS) is 13.8. The van der Waals surface area contributed by atoms with Gasteiger partial charge in [0.05, 0.1) is 24.4 Å². The van der Waals surface area contributed by atoms with Crippen LogP contribution in [0.15, 0.2) is 54.9 Å². The molecule has 0 saturated carbocycles. The van der Waals surface area contributed by atoms with Gasteiger partial charge in [-0.05, 0) is 25.1 Å². The average molecular weight is 379 g/mol. The predicted molar refractivity (Wildman–Crippen MR) is 101 cm³/mol. The van der Waals surface area contributed by atoms with Crippen molar-refractivity contribution in [2.75, 3.05) is 19.7 Å². The first-order chi connectivity index (χ1) is 13.7. The summed E-state index contributed by atoms with van der Waals surface area (Å²) in [5, 5.41) is 8.32. The first kappa shape index (κ1) is 18.0. The molecule has 1 aliphatic rings. The fraction of sp³-hybridized carbons (Fsp3) is 0.300. The molecule has 1 fully saturated rings. The molecule has 3 aromatic rings. The third-order valence-electron chi connectivity index (χ3n) is 4.49. The van der Waals surface area contributed by atoms with Gasteiger partial charge in [0, 0.05) is 25.4 Å². The Hall–Kier alpha value is -3.42. The van der Waals surface area contributed by atoms with Crippen LogP contribution in [0.4, 0.5) is 0 Å². The van der Waals surface area contributed by atoms with Crippen LogP contribution in [0.25, 0.3) is 0 Å². The van der Waals surface area contributed by atoms with Crippen LogP contribution in [-0.2, 0) is 6.61 Å². The van der Waals surface area contributed by atoms with Crippen molar-refractivity contribution < 1.29 is 14.3 Å². The van der Waals surface area contributed by atoms with Crippen LogP contribution in [0.2, 0.25) is 0 Å². The first-order valence-electron chi connectivity index (χ1n) is 9.19. The number of hydrogen-bond acceptors (Lipinski definition) is 6. The maximum Gasteiger partial charge on any atom is 0.255 e. The molecule has 8 nitrogen and oxygen atoms in total. The molecule has 1 amide bonds. The molecule has 1 aliphatic heterocycles. The van der Waals surface area contributed by atoms with Gasteiger partial charge in [0.15, 0.2) is 0 Å². The summed E-state index contributed by atoms with van der Waals surface area (Å²) in [6.07, 6.45) is 3.42. The van der Waals surface area contributed by atoms with Crippen molar-refractivity contribution in [2.24, 2.45) is 0 Å². The fourth-order valence-electron chi connectivity index (χ4n) is 2.94. The Balaban J connectivity index is 1.29. The second kappa shape index (κ2) is 8.08. The second-order valence-electron chi connectivity index (χ2n) is 6.47. The van der Waals surface area contributed by atoms with Crippen molar-refractivity contribution >= 4 is 5.91 Å². The number of hydrogen-bond donors (Lipinski definition) is 0. The van der Waals surface area contributed by atoms with E-state index >= 15 is 0 Å². The molecule has 0 N–H and O–H groups in total. The topological polar surface area (TPSA) is 82.4 Å². The highest BCUT2D eigenvalue weighted by Gasteiger charge is 2.33. The van der Waals surface area contributed by atoms with Crippen LogP contribution < -0.4 is 9.47 Å². The van der Waals surface area contributed by atoms with Gasteiger partial charge in [-0.15, -0.1) is 5.10 Å². The minimum Gasteiger partial charge on any atom is -0.487 e. The number of rotatable bonds is 7. The van der Waals surface area contributed by atoms with Crippen LogP contribution in [0, 0.1) is 0 Å². The van der Waals surface area contributed by atoms with Crippen LogP contribution in [0.3, 0.4) is 0 Å². The van der Waals surface area contributed by atoms with E-state index in [1.807, 2.05) is 43.5 Å². The quantitative estimate of drug-likeness (QED) is 0.627. The van der Waals surface area contributed by atoms with Crippen molar-refractivity contribution in [1.29, 1.82) is 0 Å². The van der Waals surface area contributed by atoms with Gasteiger partial charge in [0.1, 0.15) is 18.1 Å². The molecule has 1 aromatic carbocycles. The molecule has 0 aliphatic carbocycles. The van der Waals surface area contributed by atoms with E-state index in [2.05, 4.69) is 15.3 Å². The number of ether oxygens (including phenoxy) is 2. The van der Waals surface area contributed by atoms with Gasteiger partial charge in [-0.25, -0.2) is 9.67 Å². The lowest BCUT2D eigenvalue weighted by Gasteiger charge is -2.38. The van der Waals surface area contributed by atoms with Crippen molar-refractivity contribution in [1.82, 2.24) is 24.9 Å². The maximum absolute atomic E-state index is 12.5. The largest absolute Gasteiger partial charge is 0.487 e. The van der Waals surface area contributed by atoms with Gasteiger partial charge in [-0.3, -0.25) is 4.79 Å². The van der Waals surface area contributed by atoms with Crippen LogP contribution in [0.5, 0.6) is 11.6 Å². The molecule has 0 spiro atoms. The molecule has 0 bridgehead atoms. The number of nitrogens with zero attached hydrogens (tertiary/aromatic N) is 5. The molecule has 0 radical (unpaired) electrons. The summed E-state index contributed by atoms with van der Waals surface area (Å²) < 4.78 is 12.8. The molecule has 1 saturated heterocycles. The van der Waals surface area contributed by atoms with E-state index in [0.717, 1.165) is 11.4 Å². The third-order valence-corrected chi connectivity index (χ3v) is 4.49. The lowest BCUT2D eigenvalue weighted by molar-refractivity contribution is 0.0498. The molecular formula is C20H21N5O3. The highest BCUT2D eigenvalue weighted by Crippen LogP contribution is 2.23. The van der Waals surface area contributed by atoms with Crippen molar-refractivity contribution in [2.45, 2.75) is 19.6 Å². The molecule has 8 heteroatoms. The minimum absolute atomic E-state index is 0.0421. The predicted octanol–water partition coefficient (Wildman–Crippen LogP) is 2.35. The van der Waals surface area contributed by atoms with Gasteiger partial charge in [0.2, 0.25) is 5.88 Å². The van der Waals surface area contributed by atoms with E-state index in [0.29, 0.717) is 37.7 Å². The highest BCUT2D eigenvalue weighted by molar-refractivity contribution is 5.94. The Bertz CT molecular complexity index is 921. The zero-order valence-electron chi connectivity index (χ0n) is 15.6. The summed E-state index contributed by atoms with van der Waals surface area (Å²) >= 11 is 0. The molecular weight excluding hydrogens is 358 g/mol. The average Bonchev–Trinajstić information content (AvgIpc) is 3.15. The van der Waals surface area contributed by atoms with Crippen LogP contribution in [0.1, 0.15) is 29.0 Å². The van der Waals surface area contributed by atoms with Gasteiger partial charge in [-0.1, -0.05) is 23.4 Å². The van der Waals surface area contributed by atoms with E-state index in [1.54, 1.807) is 27.9 Å². The number of benzene rings is 1. The zero-order chi connectivity index (χ0) is 19.3. The number of pyridine rings is 1. The van der Waals surface area contributed by atoms with Crippen molar-refractivity contribution in [3.63, 3.8) is 0 Å². The second-order valence-corrected chi connectivity index (χ2v) is 6.47. The molecule has 28 heavy (non-hydrogen) atoms. The van der Waals surface area contributed by atoms with Crippen molar-refractivity contribution in [3.8, 4) is 11.6 Å². The summed E-state index contributed by atoms with van der Waals surface area (Å²) in [6, 6.07) is 13.2. The summed E-state index contributed by atoms with van der Waals surface area (Å²) in [7, 11) is 0. The Kier molecular flexibility index (Phi) is 5.18. The Morgan fingerprint density at radius 1 is 1.14 bits per heavy atom. The van der Waals surface area contributed by atoms with Crippen molar-refractivity contribution in [3.05, 3.63) is 66.1 Å². The van der Waals surface area contributed by atoms with E-state index in [1.165, 1.54) is 0 Å². The Labute approximate surface area is 162 Å². The van der Waals surface area contributed by atoms with Gasteiger partial charge >= 0.3 is 0 Å². The molecule has 0 unspecified atom stereocenters. The molecule has 3 heterocycles. The molecule has 4 rings (SSSR count). The smallest absolute Gasteiger partial charge is 0.255 e. The van der Waals surface area contributed by atoms with Crippen LogP contribution in [-0.4, -0.2) is 50.5 Å². The minimum atomic E-state index is -0.0421. The lowest BCUT2D eigenvalue weighted by atomic mass is 10.1. The first-order valence-corrected chi connectivity index (χ1v) is 9.19. The number of likely N-dealkylation sites (tertiary alicyclic amines) is 1. The van der Waals surface area contributed by atoms with Crippen LogP contribution >= 0.6 is 0 Å². The summed E-state index contributed by atoms with van der Waals surface area (Å²) in [5.74, 6) is 1.27. The van der Waals surface area contributed by atoms with E-state index < -0.39 is 0 Å². The Morgan fingerprint density at radius 3 is 2.68 bits per heavy atom. The van der Waals surface area contributed by atoms with E-state index in [4.69, 9.17) is 9.47 Å².